The van der Waals surface area contributed by atoms with Gasteiger partial charge in [-0.2, -0.15) is 0 Å². The molecule has 0 aromatic heterocycles. The van der Waals surface area contributed by atoms with Crippen molar-refractivity contribution in [1.29, 1.82) is 0 Å². The first-order valence-corrected chi connectivity index (χ1v) is 9.26. The van der Waals surface area contributed by atoms with Gasteiger partial charge in [0.15, 0.2) is 0 Å². The molecule has 1 aliphatic heterocycles. The van der Waals surface area contributed by atoms with Crippen molar-refractivity contribution < 1.29 is 19.5 Å². The van der Waals surface area contributed by atoms with E-state index in [-0.39, 0.29) is 11.8 Å². The third kappa shape index (κ3) is 4.92. The molecule has 1 saturated heterocycles. The number of nitrogens with zero attached hydrogens (tertiary/aromatic N) is 1. The van der Waals surface area contributed by atoms with Crippen LogP contribution in [-0.2, 0) is 9.59 Å². The van der Waals surface area contributed by atoms with Crippen LogP contribution in [0.2, 0.25) is 0 Å². The Morgan fingerprint density at radius 2 is 1.92 bits per heavy atom. The number of likely N-dealkylation sites (N-methyl/N-ethyl adjacent to an activating group) is 1. The minimum Gasteiger partial charge on any atom is -0.480 e. The molecule has 2 amide bonds. The van der Waals surface area contributed by atoms with Crippen LogP contribution in [0.3, 0.4) is 0 Å². The molecule has 1 unspecified atom stereocenters. The summed E-state index contributed by atoms with van der Waals surface area (Å²) in [4.78, 5) is 37.5. The number of aliphatic carboxylic acids is 1. The molecule has 1 aliphatic rings. The van der Waals surface area contributed by atoms with E-state index < -0.39 is 17.9 Å². The first kappa shape index (κ1) is 20.1. The van der Waals surface area contributed by atoms with Crippen molar-refractivity contribution in [3.05, 3.63) is 40.3 Å². The van der Waals surface area contributed by atoms with E-state index in [1.54, 1.807) is 37.4 Å². The number of carboxylic acids is 1. The zero-order valence-corrected chi connectivity index (χ0v) is 16.3. The van der Waals surface area contributed by atoms with E-state index in [1.165, 1.54) is 16.7 Å². The van der Waals surface area contributed by atoms with Gasteiger partial charge in [0.25, 0.3) is 11.8 Å². The van der Waals surface area contributed by atoms with E-state index in [1.807, 2.05) is 13.8 Å². The van der Waals surface area contributed by atoms with Gasteiger partial charge in [-0.15, -0.1) is 0 Å². The van der Waals surface area contributed by atoms with E-state index in [0.717, 1.165) is 5.56 Å². The van der Waals surface area contributed by atoms with E-state index in [4.69, 9.17) is 12.2 Å². The van der Waals surface area contributed by atoms with E-state index in [0.29, 0.717) is 21.2 Å². The molecule has 1 aromatic carbocycles. The van der Waals surface area contributed by atoms with Crippen molar-refractivity contribution >= 4 is 52.2 Å². The Morgan fingerprint density at radius 3 is 2.38 bits per heavy atom. The van der Waals surface area contributed by atoms with E-state index >= 15 is 0 Å². The molecule has 26 heavy (non-hydrogen) atoms. The molecule has 1 aromatic rings. The fourth-order valence-corrected chi connectivity index (χ4v) is 3.54. The Kier molecular flexibility index (Phi) is 6.55. The first-order valence-electron chi connectivity index (χ1n) is 8.04. The highest BCUT2D eigenvalue weighted by molar-refractivity contribution is 8.26. The average molecular weight is 393 g/mol. The fourth-order valence-electron chi connectivity index (χ4n) is 2.36. The minimum absolute atomic E-state index is 0.149. The monoisotopic (exact) mass is 392 g/mol. The highest BCUT2D eigenvalue weighted by Crippen LogP contribution is 2.31. The molecule has 1 fully saturated rings. The Balaban J connectivity index is 2.09. The molecule has 1 atom stereocenters. The maximum Gasteiger partial charge on any atom is 0.326 e. The molecule has 0 saturated carbocycles. The number of thiocarbonyl (C=S) groups is 1. The summed E-state index contributed by atoms with van der Waals surface area (Å²) in [6.45, 7) is 3.80. The Labute approximate surface area is 161 Å². The molecule has 1 heterocycles. The van der Waals surface area contributed by atoms with Crippen molar-refractivity contribution in [3.8, 4) is 0 Å². The van der Waals surface area contributed by atoms with Crippen molar-refractivity contribution in [1.82, 2.24) is 10.2 Å². The molecular formula is C18H20N2O4S2. The number of carbonyl (C=O) groups is 3. The number of carboxylic acid groups (broad SMARTS) is 1. The summed E-state index contributed by atoms with van der Waals surface area (Å²) >= 11 is 6.31. The molecule has 0 bridgehead atoms. The van der Waals surface area contributed by atoms with Crippen LogP contribution >= 0.6 is 24.0 Å². The number of amides is 2. The van der Waals surface area contributed by atoms with Crippen molar-refractivity contribution in [2.75, 3.05) is 7.05 Å². The minimum atomic E-state index is -1.05. The Bertz CT molecular complexity index is 772. The van der Waals surface area contributed by atoms with Crippen LogP contribution in [0.1, 0.15) is 36.2 Å². The van der Waals surface area contributed by atoms with Crippen LogP contribution in [0.15, 0.2) is 29.2 Å². The van der Waals surface area contributed by atoms with Crippen LogP contribution in [0, 0.1) is 5.92 Å². The zero-order valence-electron chi connectivity index (χ0n) is 14.7. The van der Waals surface area contributed by atoms with Gasteiger partial charge in [-0.25, -0.2) is 4.79 Å². The summed E-state index contributed by atoms with van der Waals surface area (Å²) < 4.78 is 0.502. The number of rotatable bonds is 6. The van der Waals surface area contributed by atoms with Gasteiger partial charge in [-0.1, -0.05) is 50.0 Å². The predicted octanol–water partition coefficient (Wildman–Crippen LogP) is 2.75. The fraction of sp³-hybridized carbons (Fsp3) is 0.333. The first-order chi connectivity index (χ1) is 12.2. The van der Waals surface area contributed by atoms with Gasteiger partial charge in [-0.05, 0) is 36.1 Å². The summed E-state index contributed by atoms with van der Waals surface area (Å²) in [5.74, 6) is -1.49. The third-order valence-corrected chi connectivity index (χ3v) is 5.25. The number of thioether (sulfide) groups is 1. The lowest BCUT2D eigenvalue weighted by Gasteiger charge is -2.16. The maximum atomic E-state index is 12.3. The summed E-state index contributed by atoms with van der Waals surface area (Å²) in [6.07, 6.45) is 2.07. The molecule has 2 rings (SSSR count). The summed E-state index contributed by atoms with van der Waals surface area (Å²) in [5.41, 5.74) is 1.12. The molecule has 2 N–H and O–H groups in total. The summed E-state index contributed by atoms with van der Waals surface area (Å²) in [5, 5.41) is 11.8. The SMILES string of the molecule is CC(C)CC(NC(=O)c1ccc(C=C2SC(=S)N(C)C2=O)cc1)C(=O)O. The van der Waals surface area contributed by atoms with Gasteiger partial charge in [0.2, 0.25) is 0 Å². The average Bonchev–Trinajstić information content (AvgIpc) is 2.81. The molecule has 0 radical (unpaired) electrons. The lowest BCUT2D eigenvalue weighted by atomic mass is 10.0. The van der Waals surface area contributed by atoms with Crippen LogP contribution < -0.4 is 5.32 Å². The van der Waals surface area contributed by atoms with Crippen molar-refractivity contribution in [3.63, 3.8) is 0 Å². The summed E-state index contributed by atoms with van der Waals surface area (Å²) in [6, 6.07) is 5.68. The highest BCUT2D eigenvalue weighted by atomic mass is 32.2. The number of hydrogen-bond donors (Lipinski definition) is 2. The quantitative estimate of drug-likeness (QED) is 0.572. The summed E-state index contributed by atoms with van der Waals surface area (Å²) in [7, 11) is 1.63. The van der Waals surface area contributed by atoms with Crippen LogP contribution in [0.4, 0.5) is 0 Å². The van der Waals surface area contributed by atoms with Crippen LogP contribution in [-0.4, -0.2) is 45.2 Å². The third-order valence-electron chi connectivity index (χ3n) is 3.77. The maximum absolute atomic E-state index is 12.3. The van der Waals surface area contributed by atoms with Crippen LogP contribution in [0.25, 0.3) is 6.08 Å². The van der Waals surface area contributed by atoms with Gasteiger partial charge in [0, 0.05) is 12.6 Å². The predicted molar refractivity (Wildman–Crippen MR) is 106 cm³/mol. The molecule has 138 valence electrons. The van der Waals surface area contributed by atoms with Gasteiger partial charge in [0.1, 0.15) is 10.4 Å². The van der Waals surface area contributed by atoms with Gasteiger partial charge >= 0.3 is 5.97 Å². The topological polar surface area (TPSA) is 86.7 Å². The number of nitrogens with one attached hydrogen (secondary N) is 1. The number of hydrogen-bond acceptors (Lipinski definition) is 5. The van der Waals surface area contributed by atoms with Gasteiger partial charge < -0.3 is 10.4 Å². The lowest BCUT2D eigenvalue weighted by Crippen LogP contribution is -2.41. The Morgan fingerprint density at radius 1 is 1.31 bits per heavy atom. The molecule has 0 aliphatic carbocycles. The van der Waals surface area contributed by atoms with Crippen molar-refractivity contribution in [2.24, 2.45) is 5.92 Å². The van der Waals surface area contributed by atoms with E-state index in [9.17, 15) is 19.5 Å². The molecular weight excluding hydrogens is 372 g/mol. The van der Waals surface area contributed by atoms with Crippen molar-refractivity contribution in [2.45, 2.75) is 26.3 Å². The highest BCUT2D eigenvalue weighted by Gasteiger charge is 2.28. The number of carbonyl (C=O) groups excluding carboxylic acids is 2. The Hall–Kier alpha value is -2.19. The molecule has 0 spiro atoms. The van der Waals surface area contributed by atoms with Gasteiger partial charge in [-0.3, -0.25) is 14.5 Å². The normalized spacial score (nSPS) is 17.1. The molecule has 6 nitrogen and oxygen atoms in total. The smallest absolute Gasteiger partial charge is 0.326 e. The second-order valence-electron chi connectivity index (χ2n) is 6.36. The lowest BCUT2D eigenvalue weighted by molar-refractivity contribution is -0.139. The standard InChI is InChI=1S/C18H20N2O4S2/c1-10(2)8-13(17(23)24)19-15(21)12-6-4-11(5-7-12)9-14-16(22)20(3)18(25)26-14/h4-7,9-10,13H,8H2,1-3H3,(H,19,21)(H,23,24). The number of benzene rings is 1. The second-order valence-corrected chi connectivity index (χ2v) is 8.03. The van der Waals surface area contributed by atoms with Gasteiger partial charge in [0.05, 0.1) is 4.91 Å². The second kappa shape index (κ2) is 8.46. The van der Waals surface area contributed by atoms with Crippen LogP contribution in [0.5, 0.6) is 0 Å². The van der Waals surface area contributed by atoms with E-state index in [2.05, 4.69) is 5.32 Å². The molecule has 8 heteroatoms. The zero-order chi connectivity index (χ0) is 19.4. The largest absolute Gasteiger partial charge is 0.480 e.